The molecular weight excluding hydrogens is 129 g/mol. The van der Waals surface area contributed by atoms with Gasteiger partial charge in [0.15, 0.2) is 0 Å². The van der Waals surface area contributed by atoms with Crippen LogP contribution in [0.3, 0.4) is 0 Å². The predicted molar refractivity (Wildman–Crippen MR) is 43.9 cm³/mol. The molecule has 1 rings (SSSR count). The molecule has 0 amide bonds. The molecule has 0 aromatic rings. The van der Waals surface area contributed by atoms with Gasteiger partial charge in [-0.2, -0.15) is 0 Å². The fraction of sp³-hybridized carbons (Fsp3) is 0.286. The van der Waals surface area contributed by atoms with E-state index in [-0.39, 0.29) is 0 Å². The Hall–Kier alpha value is -0.420. The van der Waals surface area contributed by atoms with Crippen LogP contribution in [-0.4, -0.2) is 5.45 Å². The molecule has 0 aliphatic heterocycles. The van der Waals surface area contributed by atoms with E-state index in [0.29, 0.717) is 5.45 Å². The minimum atomic E-state index is 0.624. The zero-order valence-electron chi connectivity index (χ0n) is 5.22. The van der Waals surface area contributed by atoms with Crippen LogP contribution in [0, 0.1) is 5.41 Å². The van der Waals surface area contributed by atoms with Gasteiger partial charge in [0.25, 0.3) is 0 Å². The lowest BCUT2D eigenvalue weighted by molar-refractivity contribution is 1.01. The highest BCUT2D eigenvalue weighted by atomic mass is 31.0. The van der Waals surface area contributed by atoms with Crippen LogP contribution in [0.4, 0.5) is 0 Å². The molecule has 1 unspecified atom stereocenters. The van der Waals surface area contributed by atoms with Gasteiger partial charge in [-0.15, -0.1) is 0 Å². The molecule has 1 atom stereocenters. The van der Waals surface area contributed by atoms with Crippen molar-refractivity contribution >= 4 is 14.7 Å². The quantitative estimate of drug-likeness (QED) is 0.425. The van der Waals surface area contributed by atoms with Crippen LogP contribution in [0.25, 0.3) is 0 Å². The molecule has 0 bridgehead atoms. The first-order chi connectivity index (χ1) is 4.30. The van der Waals surface area contributed by atoms with E-state index < -0.39 is 0 Å². The molecule has 9 heavy (non-hydrogen) atoms. The lowest BCUT2D eigenvalue weighted by atomic mass is 10.1. The van der Waals surface area contributed by atoms with Crippen LogP contribution in [-0.2, 0) is 0 Å². The van der Waals surface area contributed by atoms with Crippen molar-refractivity contribution in [3.05, 3.63) is 23.8 Å². The van der Waals surface area contributed by atoms with Gasteiger partial charge in [-0.25, -0.2) is 0 Å². The largest absolute Gasteiger partial charge is 0.301 e. The third-order valence-electron chi connectivity index (χ3n) is 1.36. The van der Waals surface area contributed by atoms with Crippen molar-refractivity contribution in [3.8, 4) is 0 Å². The smallest absolute Gasteiger partial charge is 0.0511 e. The summed E-state index contributed by atoms with van der Waals surface area (Å²) in [5.74, 6) is 0. The maximum atomic E-state index is 7.25. The highest BCUT2D eigenvalue weighted by Gasteiger charge is 1.99. The van der Waals surface area contributed by atoms with Gasteiger partial charge >= 0.3 is 0 Å². The summed E-state index contributed by atoms with van der Waals surface area (Å²) in [4.78, 5) is 0. The van der Waals surface area contributed by atoms with E-state index in [0.717, 1.165) is 18.4 Å². The molecule has 1 nitrogen and oxygen atoms in total. The highest BCUT2D eigenvalue weighted by Crippen LogP contribution is 2.15. The Bertz CT molecular complexity index is 179. The van der Waals surface area contributed by atoms with Crippen LogP contribution in [0.15, 0.2) is 23.8 Å². The normalized spacial score (nSPS) is 17.2. The van der Waals surface area contributed by atoms with Crippen molar-refractivity contribution in [1.82, 2.24) is 0 Å². The van der Waals surface area contributed by atoms with Crippen molar-refractivity contribution in [1.29, 1.82) is 5.41 Å². The Labute approximate surface area is 57.6 Å². The first kappa shape index (κ1) is 6.70. The maximum absolute atomic E-state index is 7.25. The van der Waals surface area contributed by atoms with Crippen molar-refractivity contribution < 1.29 is 0 Å². The van der Waals surface area contributed by atoms with Gasteiger partial charge < -0.3 is 5.41 Å². The van der Waals surface area contributed by atoms with E-state index in [2.05, 4.69) is 15.3 Å². The molecule has 0 fully saturated rings. The highest BCUT2D eigenvalue weighted by molar-refractivity contribution is 7.41. The van der Waals surface area contributed by atoms with Crippen LogP contribution < -0.4 is 0 Å². The third kappa shape index (κ3) is 1.76. The Morgan fingerprint density at radius 3 is 2.78 bits per heavy atom. The zero-order chi connectivity index (χ0) is 6.69. The van der Waals surface area contributed by atoms with Crippen LogP contribution in [0.2, 0.25) is 0 Å². The standard InChI is InChI=1S/C7H10NP/c8-7(9)6-4-2-1-3-5-6/h1-2,4,8H,3,5,9H2. The fourth-order valence-corrected chi connectivity index (χ4v) is 1.07. The second-order valence-electron chi connectivity index (χ2n) is 2.07. The molecule has 2 heteroatoms. The van der Waals surface area contributed by atoms with E-state index in [9.17, 15) is 0 Å². The average Bonchev–Trinajstić information content (AvgIpc) is 1.90. The number of nitrogens with one attached hydrogen (secondary N) is 1. The number of allylic oxidation sites excluding steroid dienone is 4. The first-order valence-electron chi connectivity index (χ1n) is 3.01. The number of rotatable bonds is 1. The van der Waals surface area contributed by atoms with Crippen molar-refractivity contribution in [2.45, 2.75) is 12.8 Å². The Morgan fingerprint density at radius 2 is 2.44 bits per heavy atom. The summed E-state index contributed by atoms with van der Waals surface area (Å²) in [6, 6.07) is 0. The van der Waals surface area contributed by atoms with E-state index in [1.165, 1.54) is 0 Å². The van der Waals surface area contributed by atoms with E-state index in [4.69, 9.17) is 5.41 Å². The second-order valence-corrected chi connectivity index (χ2v) is 2.65. The average molecular weight is 139 g/mol. The summed E-state index contributed by atoms with van der Waals surface area (Å²) in [5.41, 5.74) is 1.77. The van der Waals surface area contributed by atoms with E-state index >= 15 is 0 Å². The third-order valence-corrected chi connectivity index (χ3v) is 1.73. The van der Waals surface area contributed by atoms with Crippen LogP contribution in [0.5, 0.6) is 0 Å². The summed E-state index contributed by atoms with van der Waals surface area (Å²) in [5, 5.41) is 7.25. The minimum Gasteiger partial charge on any atom is -0.301 e. The van der Waals surface area contributed by atoms with Gasteiger partial charge in [-0.05, 0) is 18.4 Å². The summed E-state index contributed by atoms with van der Waals surface area (Å²) < 4.78 is 0. The molecular formula is C7H10NP. The Balaban J connectivity index is 2.68. The van der Waals surface area contributed by atoms with Gasteiger partial charge in [-0.3, -0.25) is 0 Å². The molecule has 48 valence electrons. The Kier molecular flexibility index (Phi) is 2.18. The summed E-state index contributed by atoms with van der Waals surface area (Å²) in [6.07, 6.45) is 8.24. The fourth-order valence-electron chi connectivity index (χ4n) is 0.827. The van der Waals surface area contributed by atoms with E-state index in [1.54, 1.807) is 0 Å². The van der Waals surface area contributed by atoms with Gasteiger partial charge in [0.2, 0.25) is 0 Å². The topological polar surface area (TPSA) is 23.9 Å². The summed E-state index contributed by atoms with van der Waals surface area (Å²) >= 11 is 0. The second kappa shape index (κ2) is 2.93. The van der Waals surface area contributed by atoms with E-state index in [1.807, 2.05) is 12.2 Å². The SMILES string of the molecule is N=C(P)C1=CC=CCC1. The lowest BCUT2D eigenvalue weighted by Crippen LogP contribution is -1.93. The summed E-state index contributed by atoms with van der Waals surface area (Å²) in [6.45, 7) is 0. The number of hydrogen-bond acceptors (Lipinski definition) is 1. The molecule has 0 saturated heterocycles. The lowest BCUT2D eigenvalue weighted by Gasteiger charge is -2.04. The number of hydrogen-bond donors (Lipinski definition) is 1. The van der Waals surface area contributed by atoms with Gasteiger partial charge in [-0.1, -0.05) is 27.5 Å². The molecule has 0 radical (unpaired) electrons. The minimum absolute atomic E-state index is 0.624. The molecule has 0 spiro atoms. The van der Waals surface area contributed by atoms with Crippen LogP contribution >= 0.6 is 9.24 Å². The molecule has 0 aromatic heterocycles. The van der Waals surface area contributed by atoms with Gasteiger partial charge in [0.1, 0.15) is 0 Å². The van der Waals surface area contributed by atoms with Gasteiger partial charge in [0.05, 0.1) is 5.45 Å². The molecule has 1 aliphatic carbocycles. The maximum Gasteiger partial charge on any atom is 0.0511 e. The molecule has 1 aliphatic rings. The van der Waals surface area contributed by atoms with Crippen LogP contribution in [0.1, 0.15) is 12.8 Å². The zero-order valence-corrected chi connectivity index (χ0v) is 6.38. The summed E-state index contributed by atoms with van der Waals surface area (Å²) in [7, 11) is 2.41. The predicted octanol–water partition coefficient (Wildman–Crippen LogP) is 2.12. The van der Waals surface area contributed by atoms with Crippen molar-refractivity contribution in [2.75, 3.05) is 0 Å². The molecule has 0 aromatic carbocycles. The molecule has 0 saturated carbocycles. The van der Waals surface area contributed by atoms with Crippen molar-refractivity contribution in [2.24, 2.45) is 0 Å². The van der Waals surface area contributed by atoms with Gasteiger partial charge in [0, 0.05) is 0 Å². The molecule has 0 heterocycles. The molecule has 1 N–H and O–H groups in total. The Morgan fingerprint density at radius 1 is 1.67 bits per heavy atom. The monoisotopic (exact) mass is 139 g/mol. The van der Waals surface area contributed by atoms with Crippen molar-refractivity contribution in [3.63, 3.8) is 0 Å². The first-order valence-corrected chi connectivity index (χ1v) is 3.58.